The number of carbonyl (C=O) groups excluding carboxylic acids is 1. The van der Waals surface area contributed by atoms with E-state index in [1.807, 2.05) is 6.92 Å². The Bertz CT molecular complexity index is 1420. The Kier molecular flexibility index (Phi) is 9.31. The number of benzene rings is 1. The second kappa shape index (κ2) is 12.7. The molecule has 0 radical (unpaired) electrons. The lowest BCUT2D eigenvalue weighted by Crippen LogP contribution is -2.41. The van der Waals surface area contributed by atoms with E-state index >= 15 is 4.39 Å². The standard InChI is InChI=1S/C27H32F5N7O2/c1-4-14-11-36-26(40)20-25(35-12-15-6-8-39(3)38-15)23(32)24(37-27(20)41-13(2)5-7-34-14)17-9-18(33)22(31)21(30)16(17)10-19(28)29/h6,8-9,13-14,19,34H,4-5,7,10-12,33H2,1-3H3,(H,35,37)(H,36,40)/t13-,14?/m0/s1. The SMILES string of the molecule is CCC1CNC(=O)c2c(nc(-c3cc(N)c(F)c(F)c3CC(F)F)c(F)c2NCc2ccn(C)n2)O[C@@H](C)CCN1. The van der Waals surface area contributed by atoms with E-state index in [2.05, 4.69) is 26.0 Å². The molecule has 2 atom stereocenters. The Hall–Kier alpha value is -3.94. The number of aryl methyl sites for hydroxylation is 1. The molecule has 0 saturated heterocycles. The van der Waals surface area contributed by atoms with Crippen molar-refractivity contribution in [2.24, 2.45) is 7.05 Å². The molecule has 1 unspecified atom stereocenters. The number of carbonyl (C=O) groups is 1. The van der Waals surface area contributed by atoms with Crippen LogP contribution in [-0.4, -0.2) is 52.3 Å². The zero-order chi connectivity index (χ0) is 29.8. The minimum atomic E-state index is -3.09. The third kappa shape index (κ3) is 6.69. The third-order valence-corrected chi connectivity index (χ3v) is 6.79. The lowest BCUT2D eigenvalue weighted by Gasteiger charge is -2.22. The molecule has 1 aliphatic heterocycles. The predicted molar refractivity (Wildman–Crippen MR) is 143 cm³/mol. The highest BCUT2D eigenvalue weighted by molar-refractivity contribution is 6.03. The number of ether oxygens (including phenoxy) is 1. The molecule has 0 spiro atoms. The van der Waals surface area contributed by atoms with Crippen LogP contribution in [0.1, 0.15) is 48.3 Å². The van der Waals surface area contributed by atoms with E-state index in [1.54, 1.807) is 26.2 Å². The predicted octanol–water partition coefficient (Wildman–Crippen LogP) is 4.17. The van der Waals surface area contributed by atoms with E-state index in [0.29, 0.717) is 25.1 Å². The highest BCUT2D eigenvalue weighted by Gasteiger charge is 2.31. The molecule has 0 aliphatic carbocycles. The first-order valence-electron chi connectivity index (χ1n) is 13.2. The number of amides is 1. The highest BCUT2D eigenvalue weighted by Crippen LogP contribution is 2.39. The van der Waals surface area contributed by atoms with E-state index in [-0.39, 0.29) is 36.3 Å². The van der Waals surface area contributed by atoms with Crippen molar-refractivity contribution < 1.29 is 31.5 Å². The summed E-state index contributed by atoms with van der Waals surface area (Å²) in [5.74, 6) is -5.34. The fourth-order valence-electron chi connectivity index (χ4n) is 4.57. The maximum Gasteiger partial charge on any atom is 0.259 e. The van der Waals surface area contributed by atoms with Crippen LogP contribution in [0.5, 0.6) is 5.88 Å². The van der Waals surface area contributed by atoms with Gasteiger partial charge in [-0.25, -0.2) is 26.9 Å². The maximum atomic E-state index is 16.4. The summed E-state index contributed by atoms with van der Waals surface area (Å²) >= 11 is 0. The van der Waals surface area contributed by atoms with Gasteiger partial charge in [0.05, 0.1) is 29.7 Å². The Labute approximate surface area is 233 Å². The molecule has 3 heterocycles. The number of nitrogen functional groups attached to an aromatic ring is 1. The van der Waals surface area contributed by atoms with Crippen molar-refractivity contribution >= 4 is 17.3 Å². The van der Waals surface area contributed by atoms with Crippen LogP contribution < -0.4 is 26.4 Å². The van der Waals surface area contributed by atoms with Crippen molar-refractivity contribution in [2.45, 2.75) is 58.2 Å². The number of nitrogens with two attached hydrogens (primary N) is 1. The molecular weight excluding hydrogens is 549 g/mol. The van der Waals surface area contributed by atoms with Gasteiger partial charge in [0.25, 0.3) is 5.91 Å². The van der Waals surface area contributed by atoms with Gasteiger partial charge in [0.2, 0.25) is 12.3 Å². The van der Waals surface area contributed by atoms with Crippen LogP contribution in [0.25, 0.3) is 11.3 Å². The first-order chi connectivity index (χ1) is 19.5. The minimum absolute atomic E-state index is 0.0422. The van der Waals surface area contributed by atoms with Crippen LogP contribution in [0.3, 0.4) is 0 Å². The molecule has 0 saturated carbocycles. The first kappa shape index (κ1) is 30.0. The van der Waals surface area contributed by atoms with E-state index in [4.69, 9.17) is 10.5 Å². The number of aromatic nitrogens is 3. The monoisotopic (exact) mass is 581 g/mol. The number of alkyl halides is 2. The molecule has 14 heteroatoms. The fraction of sp³-hybridized carbons (Fsp3) is 0.444. The number of rotatable bonds is 7. The van der Waals surface area contributed by atoms with Gasteiger partial charge < -0.3 is 26.4 Å². The van der Waals surface area contributed by atoms with Crippen LogP contribution in [0, 0.1) is 17.5 Å². The van der Waals surface area contributed by atoms with E-state index in [0.717, 1.165) is 6.07 Å². The zero-order valence-electron chi connectivity index (χ0n) is 22.8. The topological polar surface area (TPSA) is 119 Å². The van der Waals surface area contributed by atoms with Gasteiger partial charge in [-0.1, -0.05) is 6.92 Å². The normalized spacial score (nSPS) is 17.9. The van der Waals surface area contributed by atoms with Gasteiger partial charge in [-0.2, -0.15) is 5.10 Å². The number of hydrogen-bond acceptors (Lipinski definition) is 7. The van der Waals surface area contributed by atoms with Crippen molar-refractivity contribution in [1.29, 1.82) is 0 Å². The number of hydrogen-bond donors (Lipinski definition) is 4. The molecule has 4 rings (SSSR count). The van der Waals surface area contributed by atoms with Crippen LogP contribution in [0.4, 0.5) is 33.3 Å². The van der Waals surface area contributed by atoms with Gasteiger partial charge in [0, 0.05) is 43.4 Å². The molecule has 1 aliphatic rings. The minimum Gasteiger partial charge on any atom is -0.474 e. The summed E-state index contributed by atoms with van der Waals surface area (Å²) in [6.45, 7) is 4.41. The quantitative estimate of drug-likeness (QED) is 0.244. The van der Waals surface area contributed by atoms with E-state index in [9.17, 15) is 22.4 Å². The zero-order valence-corrected chi connectivity index (χ0v) is 22.8. The Morgan fingerprint density at radius 1 is 1.24 bits per heavy atom. The van der Waals surface area contributed by atoms with Crippen molar-refractivity contribution in [1.82, 2.24) is 25.4 Å². The van der Waals surface area contributed by atoms with Gasteiger partial charge in [-0.3, -0.25) is 9.48 Å². The Morgan fingerprint density at radius 3 is 2.66 bits per heavy atom. The lowest BCUT2D eigenvalue weighted by molar-refractivity contribution is 0.0944. The second-order valence-corrected chi connectivity index (χ2v) is 9.87. The van der Waals surface area contributed by atoms with Gasteiger partial charge in [-0.15, -0.1) is 0 Å². The summed E-state index contributed by atoms with van der Waals surface area (Å²) in [6.07, 6.45) is -1.96. The molecule has 0 fully saturated rings. The summed E-state index contributed by atoms with van der Waals surface area (Å²) < 4.78 is 80.0. The molecule has 9 nitrogen and oxygen atoms in total. The molecule has 1 amide bonds. The van der Waals surface area contributed by atoms with Gasteiger partial charge in [-0.05, 0) is 38.4 Å². The molecule has 0 bridgehead atoms. The second-order valence-electron chi connectivity index (χ2n) is 9.87. The summed E-state index contributed by atoms with van der Waals surface area (Å²) in [5, 5.41) is 13.2. The van der Waals surface area contributed by atoms with Crippen molar-refractivity contribution in [3.8, 4) is 17.1 Å². The van der Waals surface area contributed by atoms with Crippen LogP contribution >= 0.6 is 0 Å². The fourth-order valence-corrected chi connectivity index (χ4v) is 4.57. The summed E-state index contributed by atoms with van der Waals surface area (Å²) in [6, 6.07) is 2.46. The van der Waals surface area contributed by atoms with Crippen molar-refractivity contribution in [2.75, 3.05) is 24.1 Å². The highest BCUT2D eigenvalue weighted by atomic mass is 19.3. The van der Waals surface area contributed by atoms with E-state index < -0.39 is 64.8 Å². The molecule has 1 aromatic carbocycles. The summed E-state index contributed by atoms with van der Waals surface area (Å²) in [5.41, 5.74) is 2.83. The van der Waals surface area contributed by atoms with Crippen LogP contribution in [0.2, 0.25) is 0 Å². The third-order valence-electron chi connectivity index (χ3n) is 6.79. The van der Waals surface area contributed by atoms with Gasteiger partial charge in [0.15, 0.2) is 17.5 Å². The molecular formula is C27H32F5N7O2. The molecule has 2 aromatic heterocycles. The van der Waals surface area contributed by atoms with Gasteiger partial charge >= 0.3 is 0 Å². The number of halogens is 5. The van der Waals surface area contributed by atoms with Gasteiger partial charge in [0.1, 0.15) is 11.3 Å². The van der Waals surface area contributed by atoms with Crippen LogP contribution in [-0.2, 0) is 20.0 Å². The maximum absolute atomic E-state index is 16.4. The lowest BCUT2D eigenvalue weighted by atomic mass is 9.97. The number of pyridine rings is 1. The molecule has 3 aromatic rings. The molecule has 5 N–H and O–H groups in total. The van der Waals surface area contributed by atoms with Crippen LogP contribution in [0.15, 0.2) is 18.3 Å². The first-order valence-corrected chi connectivity index (χ1v) is 13.2. The van der Waals surface area contributed by atoms with Crippen molar-refractivity contribution in [3.05, 3.63) is 52.6 Å². The summed E-state index contributed by atoms with van der Waals surface area (Å²) in [7, 11) is 1.69. The Morgan fingerprint density at radius 2 is 2.00 bits per heavy atom. The molecule has 222 valence electrons. The van der Waals surface area contributed by atoms with E-state index in [1.165, 1.54) is 4.68 Å². The number of fused-ring (bicyclic) bond motifs is 1. The summed E-state index contributed by atoms with van der Waals surface area (Å²) in [4.78, 5) is 17.7. The average Bonchev–Trinajstić information content (AvgIpc) is 3.34. The number of nitrogens with one attached hydrogen (secondary N) is 3. The Balaban J connectivity index is 1.95. The smallest absolute Gasteiger partial charge is 0.259 e. The largest absolute Gasteiger partial charge is 0.474 e. The molecule has 41 heavy (non-hydrogen) atoms. The van der Waals surface area contributed by atoms with Crippen molar-refractivity contribution in [3.63, 3.8) is 0 Å². The number of nitrogens with zero attached hydrogens (tertiary/aromatic N) is 3. The number of anilines is 2. The average molecular weight is 582 g/mol.